The zero-order valence-electron chi connectivity index (χ0n) is 10.1. The number of imidazole rings is 1. The van der Waals surface area contributed by atoms with E-state index in [0.717, 1.165) is 12.2 Å². The molecular weight excluding hydrogens is 214 g/mol. The highest BCUT2D eigenvalue weighted by Gasteiger charge is 2.04. The molecule has 4 nitrogen and oxygen atoms in total. The van der Waals surface area contributed by atoms with Crippen molar-refractivity contribution >= 4 is 0 Å². The third-order valence-electron chi connectivity index (χ3n) is 2.83. The van der Waals surface area contributed by atoms with E-state index < -0.39 is 0 Å². The van der Waals surface area contributed by atoms with Crippen LogP contribution in [0.15, 0.2) is 41.5 Å². The molecule has 1 unspecified atom stereocenters. The van der Waals surface area contributed by atoms with E-state index in [-0.39, 0.29) is 5.69 Å². The number of hydrogen-bond acceptors (Lipinski definition) is 2. The van der Waals surface area contributed by atoms with Crippen LogP contribution in [-0.4, -0.2) is 16.1 Å². The summed E-state index contributed by atoms with van der Waals surface area (Å²) >= 11 is 0. The van der Waals surface area contributed by atoms with Gasteiger partial charge in [-0.15, -0.1) is 0 Å². The summed E-state index contributed by atoms with van der Waals surface area (Å²) in [6.45, 7) is 5.16. The van der Waals surface area contributed by atoms with Crippen LogP contribution >= 0.6 is 0 Å². The van der Waals surface area contributed by atoms with Gasteiger partial charge in [-0.2, -0.15) is 0 Å². The molecule has 2 rings (SSSR count). The van der Waals surface area contributed by atoms with Crippen LogP contribution in [0.4, 0.5) is 0 Å². The molecule has 0 bridgehead atoms. The van der Waals surface area contributed by atoms with Gasteiger partial charge in [0.05, 0.1) is 5.69 Å². The molecule has 4 heteroatoms. The molecule has 1 heterocycles. The van der Waals surface area contributed by atoms with Crippen LogP contribution in [0.5, 0.6) is 0 Å². The van der Waals surface area contributed by atoms with E-state index >= 15 is 0 Å². The van der Waals surface area contributed by atoms with E-state index in [9.17, 15) is 4.79 Å². The summed E-state index contributed by atoms with van der Waals surface area (Å²) < 4.78 is 1.59. The minimum Gasteiger partial charge on any atom is -0.312 e. The number of aromatic amines is 1. The fourth-order valence-corrected chi connectivity index (χ4v) is 1.87. The molecule has 0 aliphatic rings. The SMILES string of the molecule is CCNC(C)c1ccc(-n2cc[nH]c2=O)cc1. The number of rotatable bonds is 4. The molecule has 17 heavy (non-hydrogen) atoms. The zero-order valence-corrected chi connectivity index (χ0v) is 10.1. The van der Waals surface area contributed by atoms with E-state index in [4.69, 9.17) is 0 Å². The van der Waals surface area contributed by atoms with Crippen molar-refractivity contribution in [3.63, 3.8) is 0 Å². The summed E-state index contributed by atoms with van der Waals surface area (Å²) in [4.78, 5) is 14.1. The van der Waals surface area contributed by atoms with Gasteiger partial charge >= 0.3 is 5.69 Å². The first kappa shape index (κ1) is 11.7. The van der Waals surface area contributed by atoms with E-state index in [1.54, 1.807) is 17.0 Å². The molecule has 0 radical (unpaired) electrons. The first-order valence-corrected chi connectivity index (χ1v) is 5.82. The molecule has 0 saturated carbocycles. The predicted molar refractivity (Wildman–Crippen MR) is 68.5 cm³/mol. The summed E-state index contributed by atoms with van der Waals surface area (Å²) in [6, 6.07) is 8.33. The molecule has 1 aromatic carbocycles. The molecule has 0 saturated heterocycles. The van der Waals surface area contributed by atoms with Crippen molar-refractivity contribution in [1.29, 1.82) is 0 Å². The van der Waals surface area contributed by atoms with Gasteiger partial charge in [-0.3, -0.25) is 4.57 Å². The molecule has 0 aliphatic carbocycles. The normalized spacial score (nSPS) is 12.6. The Morgan fingerprint density at radius 2 is 2.06 bits per heavy atom. The Balaban J connectivity index is 2.24. The van der Waals surface area contributed by atoms with Crippen LogP contribution in [0.2, 0.25) is 0 Å². The summed E-state index contributed by atoms with van der Waals surface area (Å²) in [5, 5.41) is 3.35. The second-order valence-corrected chi connectivity index (χ2v) is 4.01. The van der Waals surface area contributed by atoms with Crippen LogP contribution in [0, 0.1) is 0 Å². The average Bonchev–Trinajstić information content (AvgIpc) is 2.76. The number of H-pyrrole nitrogens is 1. The summed E-state index contributed by atoms with van der Waals surface area (Å²) in [5.74, 6) is 0. The summed E-state index contributed by atoms with van der Waals surface area (Å²) in [6.07, 6.45) is 3.36. The Hall–Kier alpha value is -1.81. The first-order chi connectivity index (χ1) is 8.22. The Morgan fingerprint density at radius 3 is 2.59 bits per heavy atom. The monoisotopic (exact) mass is 231 g/mol. The largest absolute Gasteiger partial charge is 0.330 e. The molecule has 0 spiro atoms. The van der Waals surface area contributed by atoms with Crippen molar-refractivity contribution in [2.45, 2.75) is 19.9 Å². The van der Waals surface area contributed by atoms with Crippen molar-refractivity contribution in [1.82, 2.24) is 14.9 Å². The zero-order chi connectivity index (χ0) is 12.3. The van der Waals surface area contributed by atoms with E-state index in [1.165, 1.54) is 5.56 Å². The first-order valence-electron chi connectivity index (χ1n) is 5.82. The van der Waals surface area contributed by atoms with Crippen molar-refractivity contribution in [2.75, 3.05) is 6.54 Å². The highest BCUT2D eigenvalue weighted by Crippen LogP contribution is 2.14. The second-order valence-electron chi connectivity index (χ2n) is 4.01. The maximum absolute atomic E-state index is 11.4. The topological polar surface area (TPSA) is 49.8 Å². The number of benzene rings is 1. The molecular formula is C13H17N3O. The number of nitrogens with one attached hydrogen (secondary N) is 2. The number of hydrogen-bond donors (Lipinski definition) is 2. The fourth-order valence-electron chi connectivity index (χ4n) is 1.87. The molecule has 90 valence electrons. The third kappa shape index (κ3) is 2.47. The Morgan fingerprint density at radius 1 is 1.35 bits per heavy atom. The molecule has 0 amide bonds. The molecule has 0 fully saturated rings. The lowest BCUT2D eigenvalue weighted by Crippen LogP contribution is -2.18. The molecule has 2 N–H and O–H groups in total. The molecule has 2 aromatic rings. The lowest BCUT2D eigenvalue weighted by molar-refractivity contribution is 0.598. The van der Waals surface area contributed by atoms with Gasteiger partial charge in [0.15, 0.2) is 0 Å². The lowest BCUT2D eigenvalue weighted by Gasteiger charge is -2.13. The van der Waals surface area contributed by atoms with Crippen molar-refractivity contribution in [3.05, 3.63) is 52.7 Å². The Bertz CT molecular complexity index is 524. The minimum atomic E-state index is -0.113. The van der Waals surface area contributed by atoms with E-state index in [0.29, 0.717) is 6.04 Å². The number of nitrogens with zero attached hydrogens (tertiary/aromatic N) is 1. The van der Waals surface area contributed by atoms with Gasteiger partial charge in [0.2, 0.25) is 0 Å². The maximum Gasteiger partial charge on any atom is 0.330 e. The second kappa shape index (κ2) is 5.01. The number of aromatic nitrogens is 2. The third-order valence-corrected chi connectivity index (χ3v) is 2.83. The van der Waals surface area contributed by atoms with Crippen LogP contribution in [0.3, 0.4) is 0 Å². The Kier molecular flexibility index (Phi) is 3.44. The van der Waals surface area contributed by atoms with Gasteiger partial charge in [-0.05, 0) is 31.2 Å². The van der Waals surface area contributed by atoms with Gasteiger partial charge < -0.3 is 10.3 Å². The van der Waals surface area contributed by atoms with Crippen molar-refractivity contribution in [2.24, 2.45) is 0 Å². The fraction of sp³-hybridized carbons (Fsp3) is 0.308. The lowest BCUT2D eigenvalue weighted by atomic mass is 10.1. The van der Waals surface area contributed by atoms with Gasteiger partial charge in [0, 0.05) is 18.4 Å². The maximum atomic E-state index is 11.4. The minimum absolute atomic E-state index is 0.113. The van der Waals surface area contributed by atoms with Gasteiger partial charge in [0.25, 0.3) is 0 Å². The highest BCUT2D eigenvalue weighted by molar-refractivity contribution is 5.35. The predicted octanol–water partition coefficient (Wildman–Crippen LogP) is 1.84. The van der Waals surface area contributed by atoms with Crippen molar-refractivity contribution in [3.8, 4) is 5.69 Å². The smallest absolute Gasteiger partial charge is 0.312 e. The van der Waals surface area contributed by atoms with Crippen LogP contribution < -0.4 is 11.0 Å². The van der Waals surface area contributed by atoms with E-state index in [1.807, 2.05) is 24.3 Å². The summed E-state index contributed by atoms with van der Waals surface area (Å²) in [5.41, 5.74) is 1.99. The molecule has 1 aromatic heterocycles. The standard InChI is InChI=1S/C13H17N3O/c1-3-14-10(2)11-4-6-12(7-5-11)16-9-8-15-13(16)17/h4-10,14H,3H2,1-2H3,(H,15,17). The van der Waals surface area contributed by atoms with Gasteiger partial charge in [-0.1, -0.05) is 19.1 Å². The van der Waals surface area contributed by atoms with Crippen LogP contribution in [-0.2, 0) is 0 Å². The quantitative estimate of drug-likeness (QED) is 0.843. The Labute approximate surface area is 100 Å². The molecule has 1 atom stereocenters. The van der Waals surface area contributed by atoms with Gasteiger partial charge in [0.1, 0.15) is 0 Å². The van der Waals surface area contributed by atoms with Crippen LogP contribution in [0.1, 0.15) is 25.5 Å². The van der Waals surface area contributed by atoms with Crippen molar-refractivity contribution < 1.29 is 0 Å². The van der Waals surface area contributed by atoms with Crippen LogP contribution in [0.25, 0.3) is 5.69 Å². The average molecular weight is 231 g/mol. The summed E-state index contributed by atoms with van der Waals surface area (Å²) in [7, 11) is 0. The molecule has 0 aliphatic heterocycles. The van der Waals surface area contributed by atoms with E-state index in [2.05, 4.69) is 24.1 Å². The van der Waals surface area contributed by atoms with Gasteiger partial charge in [-0.25, -0.2) is 4.79 Å². The highest BCUT2D eigenvalue weighted by atomic mass is 16.1.